The van der Waals surface area contributed by atoms with Crippen molar-refractivity contribution in [3.05, 3.63) is 54.1 Å². The zero-order valence-corrected chi connectivity index (χ0v) is 15.8. The Hall–Kier alpha value is -2.45. The molecular formula is C21H27NO6. The number of aliphatic hydroxyl groups excluding tert-OH is 2. The smallest absolute Gasteiger partial charge is 0.119 e. The standard InChI is InChI=1S/C21H27NO6/c23-9-11-25-13-15-27-20-5-1-18(2-6-20)17-22-19-3-7-21(8-4-19)28-16-14-26-12-10-24/h1-8,17,23-24H,9-16H2. The second kappa shape index (κ2) is 13.7. The minimum atomic E-state index is 0.0167. The van der Waals surface area contributed by atoms with Gasteiger partial charge in [-0.2, -0.15) is 0 Å². The third kappa shape index (κ3) is 8.96. The largest absolute Gasteiger partial charge is 0.491 e. The van der Waals surface area contributed by atoms with Crippen LogP contribution < -0.4 is 9.47 Å². The number of aliphatic imine (C=N–C) groups is 1. The molecule has 0 aliphatic carbocycles. The first-order valence-electron chi connectivity index (χ1n) is 9.19. The number of aliphatic hydroxyl groups is 2. The molecule has 0 aromatic heterocycles. The summed E-state index contributed by atoms with van der Waals surface area (Å²) in [6, 6.07) is 15.1. The number of rotatable bonds is 14. The molecule has 2 aromatic carbocycles. The molecule has 2 rings (SSSR count). The summed E-state index contributed by atoms with van der Waals surface area (Å²) in [5, 5.41) is 17.2. The third-order valence-electron chi connectivity index (χ3n) is 3.54. The highest BCUT2D eigenvalue weighted by atomic mass is 16.5. The van der Waals surface area contributed by atoms with Crippen LogP contribution in [0.3, 0.4) is 0 Å². The predicted molar refractivity (Wildman–Crippen MR) is 107 cm³/mol. The zero-order valence-electron chi connectivity index (χ0n) is 15.8. The Balaban J connectivity index is 1.73. The van der Waals surface area contributed by atoms with Crippen molar-refractivity contribution in [1.29, 1.82) is 0 Å². The minimum Gasteiger partial charge on any atom is -0.491 e. The number of benzene rings is 2. The Bertz CT molecular complexity index is 613. The normalized spacial score (nSPS) is 11.1. The van der Waals surface area contributed by atoms with Gasteiger partial charge in [0.1, 0.15) is 24.7 Å². The van der Waals surface area contributed by atoms with E-state index in [9.17, 15) is 0 Å². The van der Waals surface area contributed by atoms with Crippen LogP contribution in [0.5, 0.6) is 11.5 Å². The summed E-state index contributed by atoms with van der Waals surface area (Å²) in [5.74, 6) is 1.50. The lowest BCUT2D eigenvalue weighted by atomic mass is 10.2. The van der Waals surface area contributed by atoms with Crippen LogP contribution in [0.15, 0.2) is 53.5 Å². The van der Waals surface area contributed by atoms with Crippen molar-refractivity contribution in [3.8, 4) is 11.5 Å². The average molecular weight is 389 g/mol. The minimum absolute atomic E-state index is 0.0167. The fourth-order valence-corrected chi connectivity index (χ4v) is 2.20. The number of nitrogens with zero attached hydrogens (tertiary/aromatic N) is 1. The van der Waals surface area contributed by atoms with Crippen LogP contribution in [0.2, 0.25) is 0 Å². The van der Waals surface area contributed by atoms with Gasteiger partial charge in [0.25, 0.3) is 0 Å². The van der Waals surface area contributed by atoms with Crippen LogP contribution in [0.1, 0.15) is 5.56 Å². The Labute approximate surface area is 165 Å². The number of hydrogen-bond acceptors (Lipinski definition) is 7. The summed E-state index contributed by atoms with van der Waals surface area (Å²) in [6.07, 6.45) is 1.78. The van der Waals surface area contributed by atoms with Gasteiger partial charge >= 0.3 is 0 Å². The number of ether oxygens (including phenoxy) is 4. The maximum absolute atomic E-state index is 8.62. The van der Waals surface area contributed by atoms with E-state index in [1.54, 1.807) is 6.21 Å². The Kier molecular flexibility index (Phi) is 10.7. The lowest BCUT2D eigenvalue weighted by molar-refractivity contribution is 0.0705. The van der Waals surface area contributed by atoms with Crippen molar-refractivity contribution in [2.75, 3.05) is 52.9 Å². The van der Waals surface area contributed by atoms with Gasteiger partial charge in [-0.05, 0) is 54.1 Å². The van der Waals surface area contributed by atoms with Crippen LogP contribution in [-0.2, 0) is 9.47 Å². The zero-order chi connectivity index (χ0) is 19.9. The molecule has 7 heteroatoms. The summed E-state index contributed by atoms with van der Waals surface area (Å²) >= 11 is 0. The molecule has 0 unspecified atom stereocenters. The first kappa shape index (κ1) is 21.8. The van der Waals surface area contributed by atoms with Crippen molar-refractivity contribution >= 4 is 11.9 Å². The van der Waals surface area contributed by atoms with E-state index in [1.807, 2.05) is 48.5 Å². The van der Waals surface area contributed by atoms with E-state index >= 15 is 0 Å². The molecule has 0 radical (unpaired) electrons. The average Bonchev–Trinajstić information content (AvgIpc) is 2.74. The highest BCUT2D eigenvalue weighted by Gasteiger charge is 1.97. The van der Waals surface area contributed by atoms with Gasteiger partial charge in [0.2, 0.25) is 0 Å². The summed E-state index contributed by atoms with van der Waals surface area (Å²) in [7, 11) is 0. The highest BCUT2D eigenvalue weighted by molar-refractivity contribution is 5.82. The molecule has 0 aliphatic rings. The molecule has 7 nitrogen and oxygen atoms in total. The van der Waals surface area contributed by atoms with Crippen molar-refractivity contribution < 1.29 is 29.2 Å². The molecule has 0 atom stereocenters. The fraction of sp³-hybridized carbons (Fsp3) is 0.381. The lowest BCUT2D eigenvalue weighted by Crippen LogP contribution is -2.09. The van der Waals surface area contributed by atoms with Gasteiger partial charge in [0.15, 0.2) is 0 Å². The van der Waals surface area contributed by atoms with E-state index in [-0.39, 0.29) is 13.2 Å². The van der Waals surface area contributed by atoms with Crippen molar-refractivity contribution in [2.24, 2.45) is 4.99 Å². The van der Waals surface area contributed by atoms with E-state index in [2.05, 4.69) is 4.99 Å². The SMILES string of the molecule is OCCOCCOc1ccc(C=Nc2ccc(OCCOCCO)cc2)cc1. The summed E-state index contributed by atoms with van der Waals surface area (Å²) in [4.78, 5) is 4.45. The monoisotopic (exact) mass is 389 g/mol. The second-order valence-electron chi connectivity index (χ2n) is 5.69. The van der Waals surface area contributed by atoms with Crippen molar-refractivity contribution in [3.63, 3.8) is 0 Å². The maximum atomic E-state index is 8.62. The molecule has 0 bridgehead atoms. The topological polar surface area (TPSA) is 89.7 Å². The summed E-state index contributed by atoms with van der Waals surface area (Å²) in [6.45, 7) is 2.44. The maximum Gasteiger partial charge on any atom is 0.119 e. The van der Waals surface area contributed by atoms with Crippen LogP contribution in [-0.4, -0.2) is 69.3 Å². The predicted octanol–water partition coefficient (Wildman–Crippen LogP) is 2.21. The molecule has 0 saturated carbocycles. The van der Waals surface area contributed by atoms with Crippen LogP contribution in [0.4, 0.5) is 5.69 Å². The second-order valence-corrected chi connectivity index (χ2v) is 5.69. The van der Waals surface area contributed by atoms with Gasteiger partial charge in [-0.3, -0.25) is 4.99 Å². The number of hydrogen-bond donors (Lipinski definition) is 2. The molecule has 2 N–H and O–H groups in total. The molecule has 0 spiro atoms. The lowest BCUT2D eigenvalue weighted by Gasteiger charge is -2.07. The Morgan fingerprint density at radius 2 is 1.14 bits per heavy atom. The summed E-state index contributed by atoms with van der Waals surface area (Å²) < 4.78 is 21.4. The highest BCUT2D eigenvalue weighted by Crippen LogP contribution is 2.18. The van der Waals surface area contributed by atoms with Crippen LogP contribution in [0.25, 0.3) is 0 Å². The van der Waals surface area contributed by atoms with Gasteiger partial charge in [0.05, 0.1) is 45.3 Å². The van der Waals surface area contributed by atoms with Crippen molar-refractivity contribution in [2.45, 2.75) is 0 Å². The van der Waals surface area contributed by atoms with Gasteiger partial charge < -0.3 is 29.2 Å². The van der Waals surface area contributed by atoms with Crippen LogP contribution >= 0.6 is 0 Å². The third-order valence-corrected chi connectivity index (χ3v) is 3.54. The Morgan fingerprint density at radius 1 is 0.643 bits per heavy atom. The molecule has 2 aromatic rings. The molecule has 0 amide bonds. The molecule has 0 aliphatic heterocycles. The van der Waals surface area contributed by atoms with E-state index in [0.29, 0.717) is 39.6 Å². The van der Waals surface area contributed by atoms with Gasteiger partial charge in [-0.1, -0.05) is 0 Å². The first-order chi connectivity index (χ1) is 13.8. The molecule has 28 heavy (non-hydrogen) atoms. The molecular weight excluding hydrogens is 362 g/mol. The first-order valence-corrected chi connectivity index (χ1v) is 9.19. The van der Waals surface area contributed by atoms with Gasteiger partial charge in [0, 0.05) is 6.21 Å². The van der Waals surface area contributed by atoms with E-state index < -0.39 is 0 Å². The molecule has 0 heterocycles. The van der Waals surface area contributed by atoms with E-state index in [1.165, 1.54) is 0 Å². The molecule has 0 fully saturated rings. The van der Waals surface area contributed by atoms with E-state index in [0.717, 1.165) is 22.7 Å². The summed E-state index contributed by atoms with van der Waals surface area (Å²) in [5.41, 5.74) is 1.79. The van der Waals surface area contributed by atoms with Gasteiger partial charge in [-0.15, -0.1) is 0 Å². The van der Waals surface area contributed by atoms with E-state index in [4.69, 9.17) is 29.2 Å². The van der Waals surface area contributed by atoms with Crippen molar-refractivity contribution in [1.82, 2.24) is 0 Å². The van der Waals surface area contributed by atoms with Crippen LogP contribution in [0, 0.1) is 0 Å². The quantitative estimate of drug-likeness (QED) is 0.380. The molecule has 0 saturated heterocycles. The molecule has 152 valence electrons. The van der Waals surface area contributed by atoms with Gasteiger partial charge in [-0.25, -0.2) is 0 Å². The Morgan fingerprint density at radius 3 is 1.64 bits per heavy atom. The fourth-order valence-electron chi connectivity index (χ4n) is 2.20.